The van der Waals surface area contributed by atoms with Gasteiger partial charge in [0, 0.05) is 31.3 Å². The normalized spacial score (nSPS) is 15.2. The first-order valence-corrected chi connectivity index (χ1v) is 5.38. The molecule has 1 rings (SSSR count). The molecule has 1 aromatic heterocycles. The molecule has 2 unspecified atom stereocenters. The van der Waals surface area contributed by atoms with Gasteiger partial charge >= 0.3 is 0 Å². The summed E-state index contributed by atoms with van der Waals surface area (Å²) in [5, 5.41) is 14.2. The molecule has 0 spiro atoms. The third-order valence-electron chi connectivity index (χ3n) is 2.42. The largest absolute Gasteiger partial charge is 0.388 e. The SMILES string of the molecule is CCCn1cc(C(O)C(C)COC)cn1. The van der Waals surface area contributed by atoms with E-state index in [2.05, 4.69) is 12.0 Å². The van der Waals surface area contributed by atoms with Crippen LogP contribution in [0, 0.1) is 5.92 Å². The van der Waals surface area contributed by atoms with E-state index in [1.54, 1.807) is 13.3 Å². The van der Waals surface area contributed by atoms with E-state index in [4.69, 9.17) is 4.74 Å². The Morgan fingerprint density at radius 3 is 2.93 bits per heavy atom. The van der Waals surface area contributed by atoms with Crippen LogP contribution in [0.25, 0.3) is 0 Å². The average Bonchev–Trinajstić information content (AvgIpc) is 2.66. The second-order valence-electron chi connectivity index (χ2n) is 3.91. The lowest BCUT2D eigenvalue weighted by molar-refractivity contribution is 0.0566. The minimum Gasteiger partial charge on any atom is -0.388 e. The molecule has 4 heteroatoms. The molecule has 1 N–H and O–H groups in total. The Morgan fingerprint density at radius 2 is 2.33 bits per heavy atom. The molecule has 0 bridgehead atoms. The molecule has 0 amide bonds. The zero-order valence-electron chi connectivity index (χ0n) is 9.68. The van der Waals surface area contributed by atoms with Gasteiger partial charge in [-0.25, -0.2) is 0 Å². The highest BCUT2D eigenvalue weighted by Gasteiger charge is 2.17. The van der Waals surface area contributed by atoms with Gasteiger partial charge in [0.2, 0.25) is 0 Å². The van der Waals surface area contributed by atoms with Crippen LogP contribution in [0.15, 0.2) is 12.4 Å². The van der Waals surface area contributed by atoms with Crippen molar-refractivity contribution < 1.29 is 9.84 Å². The number of hydrogen-bond acceptors (Lipinski definition) is 3. The first-order chi connectivity index (χ1) is 7.19. The fourth-order valence-corrected chi connectivity index (χ4v) is 1.57. The van der Waals surface area contributed by atoms with Crippen LogP contribution in [0.5, 0.6) is 0 Å². The summed E-state index contributed by atoms with van der Waals surface area (Å²) in [5.41, 5.74) is 0.869. The summed E-state index contributed by atoms with van der Waals surface area (Å²) in [6.45, 7) is 5.52. The van der Waals surface area contributed by atoms with E-state index >= 15 is 0 Å². The Balaban J connectivity index is 2.60. The highest BCUT2D eigenvalue weighted by molar-refractivity contribution is 5.08. The second-order valence-corrected chi connectivity index (χ2v) is 3.91. The van der Waals surface area contributed by atoms with Crippen molar-refractivity contribution in [3.63, 3.8) is 0 Å². The molecule has 2 atom stereocenters. The van der Waals surface area contributed by atoms with Crippen molar-refractivity contribution in [2.24, 2.45) is 5.92 Å². The monoisotopic (exact) mass is 212 g/mol. The van der Waals surface area contributed by atoms with Crippen molar-refractivity contribution in [3.05, 3.63) is 18.0 Å². The molecular formula is C11H20N2O2. The molecule has 0 aliphatic rings. The number of nitrogens with zero attached hydrogens (tertiary/aromatic N) is 2. The maximum Gasteiger partial charge on any atom is 0.0867 e. The Kier molecular flexibility index (Phi) is 4.78. The number of rotatable bonds is 6. The van der Waals surface area contributed by atoms with Crippen molar-refractivity contribution in [2.45, 2.75) is 32.9 Å². The smallest absolute Gasteiger partial charge is 0.0867 e. The van der Waals surface area contributed by atoms with Crippen LogP contribution < -0.4 is 0 Å². The van der Waals surface area contributed by atoms with E-state index < -0.39 is 6.10 Å². The maximum atomic E-state index is 9.97. The molecule has 0 fully saturated rings. The minimum absolute atomic E-state index is 0.0919. The lowest BCUT2D eigenvalue weighted by atomic mass is 10.0. The van der Waals surface area contributed by atoms with Gasteiger partial charge in [0.25, 0.3) is 0 Å². The van der Waals surface area contributed by atoms with Gasteiger partial charge in [-0.2, -0.15) is 5.10 Å². The highest BCUT2D eigenvalue weighted by Crippen LogP contribution is 2.21. The van der Waals surface area contributed by atoms with Crippen LogP contribution in [0.1, 0.15) is 31.9 Å². The van der Waals surface area contributed by atoms with Crippen molar-refractivity contribution in [1.82, 2.24) is 9.78 Å². The van der Waals surface area contributed by atoms with Crippen molar-refractivity contribution in [1.29, 1.82) is 0 Å². The van der Waals surface area contributed by atoms with Crippen LogP contribution in [0.3, 0.4) is 0 Å². The molecule has 1 heterocycles. The zero-order chi connectivity index (χ0) is 11.3. The van der Waals surface area contributed by atoms with E-state index in [1.165, 1.54) is 0 Å². The maximum absolute atomic E-state index is 9.97. The van der Waals surface area contributed by atoms with E-state index in [9.17, 15) is 5.11 Å². The van der Waals surface area contributed by atoms with Gasteiger partial charge in [-0.3, -0.25) is 4.68 Å². The molecule has 0 aliphatic carbocycles. The molecule has 4 nitrogen and oxygen atoms in total. The van der Waals surface area contributed by atoms with E-state index in [0.717, 1.165) is 18.5 Å². The predicted octanol–water partition coefficient (Wildman–Crippen LogP) is 1.61. The standard InChI is InChI=1S/C11H20N2O2/c1-4-5-13-7-10(6-12-13)11(14)9(2)8-15-3/h6-7,9,11,14H,4-5,8H2,1-3H3. The number of aliphatic hydroxyl groups excluding tert-OH is 1. The summed E-state index contributed by atoms with van der Waals surface area (Å²) in [7, 11) is 1.64. The summed E-state index contributed by atoms with van der Waals surface area (Å²) in [5.74, 6) is 0.0919. The molecule has 0 aliphatic heterocycles. The van der Waals surface area contributed by atoms with Gasteiger partial charge in [0.1, 0.15) is 0 Å². The van der Waals surface area contributed by atoms with Gasteiger partial charge in [0.05, 0.1) is 18.9 Å². The Hall–Kier alpha value is -0.870. The third kappa shape index (κ3) is 3.32. The van der Waals surface area contributed by atoms with Crippen LogP contribution in [0.4, 0.5) is 0 Å². The lowest BCUT2D eigenvalue weighted by Gasteiger charge is -2.16. The van der Waals surface area contributed by atoms with E-state index in [1.807, 2.05) is 17.8 Å². The number of methoxy groups -OCH3 is 1. The molecule has 0 saturated carbocycles. The topological polar surface area (TPSA) is 47.3 Å². The van der Waals surface area contributed by atoms with Crippen molar-refractivity contribution >= 4 is 0 Å². The Bertz CT molecular complexity index is 286. The number of aliphatic hydroxyl groups is 1. The molecule has 0 radical (unpaired) electrons. The summed E-state index contributed by atoms with van der Waals surface area (Å²) >= 11 is 0. The van der Waals surface area contributed by atoms with E-state index in [0.29, 0.717) is 6.61 Å². The quantitative estimate of drug-likeness (QED) is 0.779. The van der Waals surface area contributed by atoms with Crippen LogP contribution in [-0.4, -0.2) is 28.6 Å². The lowest BCUT2D eigenvalue weighted by Crippen LogP contribution is -2.13. The average molecular weight is 212 g/mol. The summed E-state index contributed by atoms with van der Waals surface area (Å²) in [6, 6.07) is 0. The molecule has 0 aromatic carbocycles. The summed E-state index contributed by atoms with van der Waals surface area (Å²) < 4.78 is 6.87. The van der Waals surface area contributed by atoms with Crippen LogP contribution in [-0.2, 0) is 11.3 Å². The molecular weight excluding hydrogens is 192 g/mol. The zero-order valence-corrected chi connectivity index (χ0v) is 9.68. The number of aromatic nitrogens is 2. The van der Waals surface area contributed by atoms with Crippen LogP contribution in [0.2, 0.25) is 0 Å². The summed E-state index contributed by atoms with van der Waals surface area (Å²) in [6.07, 6.45) is 4.19. The molecule has 1 aromatic rings. The Labute approximate surface area is 90.9 Å². The molecule has 0 saturated heterocycles. The molecule has 86 valence electrons. The van der Waals surface area contributed by atoms with Gasteiger partial charge in [0.15, 0.2) is 0 Å². The summed E-state index contributed by atoms with van der Waals surface area (Å²) in [4.78, 5) is 0. The first kappa shape index (κ1) is 12.2. The Morgan fingerprint density at radius 1 is 1.60 bits per heavy atom. The van der Waals surface area contributed by atoms with Gasteiger partial charge < -0.3 is 9.84 Å². The number of ether oxygens (including phenoxy) is 1. The van der Waals surface area contributed by atoms with E-state index in [-0.39, 0.29) is 5.92 Å². The second kappa shape index (κ2) is 5.88. The van der Waals surface area contributed by atoms with Crippen LogP contribution >= 0.6 is 0 Å². The fourth-order valence-electron chi connectivity index (χ4n) is 1.57. The van der Waals surface area contributed by atoms with Gasteiger partial charge in [-0.1, -0.05) is 13.8 Å². The number of aryl methyl sites for hydroxylation is 1. The minimum atomic E-state index is -0.490. The molecule has 15 heavy (non-hydrogen) atoms. The predicted molar refractivity (Wildman–Crippen MR) is 58.5 cm³/mol. The van der Waals surface area contributed by atoms with Crippen molar-refractivity contribution in [2.75, 3.05) is 13.7 Å². The highest BCUT2D eigenvalue weighted by atomic mass is 16.5. The number of hydrogen-bond donors (Lipinski definition) is 1. The van der Waals surface area contributed by atoms with Crippen molar-refractivity contribution in [3.8, 4) is 0 Å². The first-order valence-electron chi connectivity index (χ1n) is 5.38. The fraction of sp³-hybridized carbons (Fsp3) is 0.727. The van der Waals surface area contributed by atoms with Gasteiger partial charge in [-0.05, 0) is 6.42 Å². The van der Waals surface area contributed by atoms with Gasteiger partial charge in [-0.15, -0.1) is 0 Å². The third-order valence-corrected chi connectivity index (χ3v) is 2.42.